The lowest BCUT2D eigenvalue weighted by atomic mass is 10.1. The van der Waals surface area contributed by atoms with Crippen LogP contribution in [0.3, 0.4) is 0 Å². The molecule has 0 unspecified atom stereocenters. The topological polar surface area (TPSA) is 64.1 Å². The first-order valence-corrected chi connectivity index (χ1v) is 11.4. The molecule has 0 saturated heterocycles. The summed E-state index contributed by atoms with van der Waals surface area (Å²) >= 11 is 1.54. The Morgan fingerprint density at radius 2 is 1.67 bits per heavy atom. The average molecular weight is 470 g/mol. The smallest absolute Gasteiger partial charge is 0.252 e. The lowest BCUT2D eigenvalue weighted by Crippen LogP contribution is -2.35. The Hall–Kier alpha value is -3.10. The largest absolute Gasteiger partial charge is 0.493 e. The van der Waals surface area contributed by atoms with Crippen molar-refractivity contribution >= 4 is 38.7 Å². The van der Waals surface area contributed by atoms with Crippen molar-refractivity contribution in [3.8, 4) is 17.2 Å². The molecule has 176 valence electrons. The number of hydrogen-bond donors (Lipinski definition) is 0. The SMILES string of the molecule is COc1cc(C=CC(=O)N(CCN(C)C)c2nc3c(C)cc(C)cc3s2)cc(OC)c1OC. The van der Waals surface area contributed by atoms with E-state index in [1.807, 2.05) is 19.0 Å². The van der Waals surface area contributed by atoms with Crippen LogP contribution in [0, 0.1) is 13.8 Å². The molecule has 0 spiro atoms. The zero-order chi connectivity index (χ0) is 24.1. The molecule has 1 heterocycles. The molecule has 1 aromatic heterocycles. The summed E-state index contributed by atoms with van der Waals surface area (Å²) in [6.07, 6.45) is 3.30. The Balaban J connectivity index is 1.95. The molecule has 3 aromatic rings. The first kappa shape index (κ1) is 24.5. The summed E-state index contributed by atoms with van der Waals surface area (Å²) in [6.45, 7) is 5.37. The van der Waals surface area contributed by atoms with Crippen LogP contribution in [0.15, 0.2) is 30.3 Å². The second-order valence-electron chi connectivity index (χ2n) is 8.01. The number of fused-ring (bicyclic) bond motifs is 1. The van der Waals surface area contributed by atoms with E-state index in [1.165, 1.54) is 16.9 Å². The highest BCUT2D eigenvalue weighted by atomic mass is 32.1. The molecule has 0 radical (unpaired) electrons. The van der Waals surface area contributed by atoms with E-state index in [0.29, 0.717) is 28.9 Å². The van der Waals surface area contributed by atoms with Gasteiger partial charge in [-0.25, -0.2) is 4.98 Å². The molecular weight excluding hydrogens is 438 g/mol. The molecule has 0 atom stereocenters. The van der Waals surface area contributed by atoms with E-state index in [-0.39, 0.29) is 5.91 Å². The number of benzene rings is 2. The second kappa shape index (κ2) is 10.7. The minimum absolute atomic E-state index is 0.140. The number of rotatable bonds is 9. The van der Waals surface area contributed by atoms with E-state index in [9.17, 15) is 4.79 Å². The molecule has 7 nitrogen and oxygen atoms in total. The van der Waals surface area contributed by atoms with Crippen LogP contribution in [0.1, 0.15) is 16.7 Å². The van der Waals surface area contributed by atoms with Gasteiger partial charge in [0.2, 0.25) is 5.75 Å². The van der Waals surface area contributed by atoms with Gasteiger partial charge in [0.1, 0.15) is 0 Å². The highest BCUT2D eigenvalue weighted by molar-refractivity contribution is 7.22. The number of hydrogen-bond acceptors (Lipinski definition) is 7. The van der Waals surface area contributed by atoms with Gasteiger partial charge in [0.15, 0.2) is 16.6 Å². The Morgan fingerprint density at radius 1 is 1.00 bits per heavy atom. The van der Waals surface area contributed by atoms with Crippen molar-refractivity contribution in [2.45, 2.75) is 13.8 Å². The highest BCUT2D eigenvalue weighted by Crippen LogP contribution is 2.38. The van der Waals surface area contributed by atoms with Gasteiger partial charge in [-0.15, -0.1) is 0 Å². The summed E-state index contributed by atoms with van der Waals surface area (Å²) in [6, 6.07) is 7.84. The molecule has 0 aliphatic carbocycles. The molecule has 0 N–H and O–H groups in total. The molecule has 0 aliphatic heterocycles. The van der Waals surface area contributed by atoms with Crippen molar-refractivity contribution in [1.29, 1.82) is 0 Å². The van der Waals surface area contributed by atoms with Gasteiger partial charge in [-0.2, -0.15) is 0 Å². The van der Waals surface area contributed by atoms with Crippen LogP contribution >= 0.6 is 11.3 Å². The van der Waals surface area contributed by atoms with E-state index < -0.39 is 0 Å². The van der Waals surface area contributed by atoms with Gasteiger partial charge in [0, 0.05) is 19.2 Å². The summed E-state index contributed by atoms with van der Waals surface area (Å²) in [7, 11) is 8.66. The van der Waals surface area contributed by atoms with Crippen LogP contribution in [0.4, 0.5) is 5.13 Å². The minimum Gasteiger partial charge on any atom is -0.493 e. The molecular formula is C25H31N3O4S. The highest BCUT2D eigenvalue weighted by Gasteiger charge is 2.19. The number of methoxy groups -OCH3 is 3. The van der Waals surface area contributed by atoms with Gasteiger partial charge in [-0.1, -0.05) is 17.4 Å². The summed E-state index contributed by atoms with van der Waals surface area (Å²) in [4.78, 5) is 21.9. The predicted molar refractivity (Wildman–Crippen MR) is 135 cm³/mol. The van der Waals surface area contributed by atoms with E-state index >= 15 is 0 Å². The number of anilines is 1. The molecule has 8 heteroatoms. The number of aryl methyl sites for hydroxylation is 2. The van der Waals surface area contributed by atoms with Crippen LogP contribution in [0.5, 0.6) is 17.2 Å². The van der Waals surface area contributed by atoms with Gasteiger partial charge in [-0.05, 0) is 68.9 Å². The molecule has 0 fully saturated rings. The zero-order valence-electron chi connectivity index (χ0n) is 20.3. The van der Waals surface area contributed by atoms with E-state index in [0.717, 1.165) is 27.9 Å². The average Bonchev–Trinajstić information content (AvgIpc) is 3.20. The van der Waals surface area contributed by atoms with Crippen molar-refractivity contribution in [2.24, 2.45) is 0 Å². The van der Waals surface area contributed by atoms with Gasteiger partial charge in [-0.3, -0.25) is 9.69 Å². The number of carbonyl (C=O) groups is 1. The van der Waals surface area contributed by atoms with Crippen LogP contribution in [0.25, 0.3) is 16.3 Å². The van der Waals surface area contributed by atoms with Crippen molar-refractivity contribution in [3.63, 3.8) is 0 Å². The molecule has 0 bridgehead atoms. The second-order valence-corrected chi connectivity index (χ2v) is 9.02. The predicted octanol–water partition coefficient (Wildman–Crippen LogP) is 4.55. The lowest BCUT2D eigenvalue weighted by Gasteiger charge is -2.20. The number of amides is 1. The van der Waals surface area contributed by atoms with Crippen molar-refractivity contribution in [3.05, 3.63) is 47.0 Å². The summed E-state index contributed by atoms with van der Waals surface area (Å²) in [5.74, 6) is 1.44. The number of aromatic nitrogens is 1. The number of carbonyl (C=O) groups excluding carboxylic acids is 1. The van der Waals surface area contributed by atoms with E-state index in [1.54, 1.807) is 50.5 Å². The third-order valence-corrected chi connectivity index (χ3v) is 6.22. The molecule has 33 heavy (non-hydrogen) atoms. The number of thiazole rings is 1. The standard InChI is InChI=1S/C25H31N3O4S/c1-16-12-17(2)23-21(13-16)33-25(26-23)28(11-10-27(3)4)22(29)9-8-18-14-19(30-5)24(32-7)20(15-18)31-6/h8-9,12-15H,10-11H2,1-7H3. The van der Waals surface area contributed by atoms with Crippen molar-refractivity contribution < 1.29 is 19.0 Å². The van der Waals surface area contributed by atoms with Gasteiger partial charge < -0.3 is 19.1 Å². The number of nitrogens with zero attached hydrogens (tertiary/aromatic N) is 3. The maximum absolute atomic E-state index is 13.3. The number of likely N-dealkylation sites (N-methyl/N-ethyl adjacent to an activating group) is 1. The van der Waals surface area contributed by atoms with Crippen LogP contribution in [-0.2, 0) is 4.79 Å². The van der Waals surface area contributed by atoms with Crippen LogP contribution < -0.4 is 19.1 Å². The molecule has 2 aromatic carbocycles. The summed E-state index contributed by atoms with van der Waals surface area (Å²) in [5.41, 5.74) is 4.00. The van der Waals surface area contributed by atoms with Crippen molar-refractivity contribution in [1.82, 2.24) is 9.88 Å². The third-order valence-electron chi connectivity index (χ3n) is 5.19. The van der Waals surface area contributed by atoms with Crippen LogP contribution in [0.2, 0.25) is 0 Å². The zero-order valence-corrected chi connectivity index (χ0v) is 21.1. The summed E-state index contributed by atoms with van der Waals surface area (Å²) in [5, 5.41) is 0.695. The van der Waals surface area contributed by atoms with Crippen LogP contribution in [-0.4, -0.2) is 64.3 Å². The monoisotopic (exact) mass is 469 g/mol. The van der Waals surface area contributed by atoms with Gasteiger partial charge in [0.25, 0.3) is 5.91 Å². The molecule has 0 aliphatic rings. The van der Waals surface area contributed by atoms with Gasteiger partial charge in [0.05, 0.1) is 31.5 Å². The summed E-state index contributed by atoms with van der Waals surface area (Å²) < 4.78 is 17.3. The Kier molecular flexibility index (Phi) is 7.94. The minimum atomic E-state index is -0.140. The number of ether oxygens (including phenoxy) is 3. The first-order valence-electron chi connectivity index (χ1n) is 10.6. The Bertz CT molecular complexity index is 1140. The lowest BCUT2D eigenvalue weighted by molar-refractivity contribution is -0.114. The fourth-order valence-corrected chi connectivity index (χ4v) is 4.70. The normalized spacial score (nSPS) is 11.4. The van der Waals surface area contributed by atoms with E-state index in [4.69, 9.17) is 19.2 Å². The molecule has 0 saturated carbocycles. The Labute approximate surface area is 199 Å². The fraction of sp³-hybridized carbons (Fsp3) is 0.360. The quantitative estimate of drug-likeness (QED) is 0.429. The third kappa shape index (κ3) is 5.64. The molecule has 1 amide bonds. The van der Waals surface area contributed by atoms with Gasteiger partial charge >= 0.3 is 0 Å². The fourth-order valence-electron chi connectivity index (χ4n) is 3.53. The first-order chi connectivity index (χ1) is 15.8. The maximum atomic E-state index is 13.3. The maximum Gasteiger partial charge on any atom is 0.252 e. The Morgan fingerprint density at radius 3 is 2.24 bits per heavy atom. The molecule has 3 rings (SSSR count). The van der Waals surface area contributed by atoms with E-state index in [2.05, 4.69) is 26.0 Å². The van der Waals surface area contributed by atoms with Crippen molar-refractivity contribution in [2.75, 3.05) is 53.4 Å².